The van der Waals surface area contributed by atoms with Crippen molar-refractivity contribution in [1.29, 1.82) is 0 Å². The lowest BCUT2D eigenvalue weighted by Gasteiger charge is -2.07. The molecular formula is C13H12ClNO2S. The Morgan fingerprint density at radius 2 is 1.56 bits per heavy atom. The van der Waals surface area contributed by atoms with Gasteiger partial charge in [0, 0.05) is 11.6 Å². The lowest BCUT2D eigenvalue weighted by molar-refractivity contribution is 0.581. The van der Waals surface area contributed by atoms with Gasteiger partial charge in [-0.3, -0.25) is 0 Å². The predicted octanol–water partition coefficient (Wildman–Crippen LogP) is 2.82. The Kier molecular flexibility index (Phi) is 4.01. The SMILES string of the molecule is O=S(=O)(NCc1ccccc1Cl)c1ccccc1. The van der Waals surface area contributed by atoms with Crippen LogP contribution in [0, 0.1) is 0 Å². The Hall–Kier alpha value is -1.36. The zero-order valence-electron chi connectivity index (χ0n) is 9.51. The van der Waals surface area contributed by atoms with E-state index >= 15 is 0 Å². The summed E-state index contributed by atoms with van der Waals surface area (Å²) in [6.45, 7) is 0.177. The van der Waals surface area contributed by atoms with Crippen LogP contribution < -0.4 is 4.72 Å². The molecule has 0 saturated carbocycles. The van der Waals surface area contributed by atoms with E-state index in [1.807, 2.05) is 6.07 Å². The fourth-order valence-electron chi connectivity index (χ4n) is 1.50. The maximum atomic E-state index is 12.0. The summed E-state index contributed by atoms with van der Waals surface area (Å²) in [4.78, 5) is 0.247. The fourth-order valence-corrected chi connectivity index (χ4v) is 2.73. The van der Waals surface area contributed by atoms with Gasteiger partial charge in [-0.1, -0.05) is 48.0 Å². The third-order valence-corrected chi connectivity index (χ3v) is 4.25. The molecule has 1 N–H and O–H groups in total. The zero-order chi connectivity index (χ0) is 13.0. The summed E-state index contributed by atoms with van der Waals surface area (Å²) in [5, 5.41) is 0.549. The first-order valence-electron chi connectivity index (χ1n) is 5.38. The Morgan fingerprint density at radius 3 is 2.22 bits per heavy atom. The van der Waals surface area contributed by atoms with Crippen molar-refractivity contribution in [2.45, 2.75) is 11.4 Å². The highest BCUT2D eigenvalue weighted by Crippen LogP contribution is 2.15. The molecule has 0 aliphatic carbocycles. The predicted molar refractivity (Wildman–Crippen MR) is 71.9 cm³/mol. The second-order valence-corrected chi connectivity index (χ2v) is 5.90. The molecule has 18 heavy (non-hydrogen) atoms. The van der Waals surface area contributed by atoms with Gasteiger partial charge in [-0.15, -0.1) is 0 Å². The fraction of sp³-hybridized carbons (Fsp3) is 0.0769. The van der Waals surface area contributed by atoms with Crippen molar-refractivity contribution in [3.05, 3.63) is 65.2 Å². The normalized spacial score (nSPS) is 11.4. The van der Waals surface area contributed by atoms with E-state index in [0.717, 1.165) is 5.56 Å². The molecule has 0 spiro atoms. The van der Waals surface area contributed by atoms with Crippen LogP contribution in [0.15, 0.2) is 59.5 Å². The van der Waals surface area contributed by atoms with Crippen molar-refractivity contribution in [2.24, 2.45) is 0 Å². The van der Waals surface area contributed by atoms with Crippen molar-refractivity contribution in [3.8, 4) is 0 Å². The monoisotopic (exact) mass is 281 g/mol. The summed E-state index contributed by atoms with van der Waals surface area (Å²) in [5.74, 6) is 0. The van der Waals surface area contributed by atoms with Crippen LogP contribution in [0.1, 0.15) is 5.56 Å². The smallest absolute Gasteiger partial charge is 0.207 e. The second-order valence-electron chi connectivity index (χ2n) is 3.73. The summed E-state index contributed by atoms with van der Waals surface area (Å²) in [7, 11) is -3.48. The van der Waals surface area contributed by atoms with Crippen LogP contribution in [-0.2, 0) is 16.6 Å². The first-order valence-corrected chi connectivity index (χ1v) is 7.24. The Balaban J connectivity index is 2.14. The van der Waals surface area contributed by atoms with Crippen LogP contribution in [0.4, 0.5) is 0 Å². The van der Waals surface area contributed by atoms with Gasteiger partial charge >= 0.3 is 0 Å². The molecule has 2 aromatic carbocycles. The molecular weight excluding hydrogens is 270 g/mol. The van der Waals surface area contributed by atoms with Crippen LogP contribution in [-0.4, -0.2) is 8.42 Å². The molecule has 0 bridgehead atoms. The molecule has 0 saturated heterocycles. The molecule has 0 unspecified atom stereocenters. The molecule has 94 valence electrons. The molecule has 0 radical (unpaired) electrons. The Labute approximate surface area is 111 Å². The number of nitrogens with one attached hydrogen (secondary N) is 1. The third kappa shape index (κ3) is 3.10. The summed E-state index contributed by atoms with van der Waals surface area (Å²) in [5.41, 5.74) is 0.749. The molecule has 2 rings (SSSR count). The van der Waals surface area contributed by atoms with Gasteiger partial charge in [-0.25, -0.2) is 13.1 Å². The van der Waals surface area contributed by atoms with Crippen LogP contribution in [0.3, 0.4) is 0 Å². The topological polar surface area (TPSA) is 46.2 Å². The third-order valence-electron chi connectivity index (χ3n) is 2.46. The van der Waals surface area contributed by atoms with Gasteiger partial charge in [0.2, 0.25) is 10.0 Å². The second kappa shape index (κ2) is 5.52. The Morgan fingerprint density at radius 1 is 0.944 bits per heavy atom. The van der Waals surface area contributed by atoms with Gasteiger partial charge in [0.05, 0.1) is 4.90 Å². The molecule has 0 heterocycles. The van der Waals surface area contributed by atoms with E-state index < -0.39 is 10.0 Å². The Bertz CT molecular complexity index is 626. The highest BCUT2D eigenvalue weighted by molar-refractivity contribution is 7.89. The minimum absolute atomic E-state index is 0.177. The van der Waals surface area contributed by atoms with E-state index in [2.05, 4.69) is 4.72 Å². The highest BCUT2D eigenvalue weighted by atomic mass is 35.5. The van der Waals surface area contributed by atoms with Crippen molar-refractivity contribution in [2.75, 3.05) is 0 Å². The molecule has 0 aromatic heterocycles. The molecule has 2 aromatic rings. The van der Waals surface area contributed by atoms with Crippen LogP contribution in [0.25, 0.3) is 0 Å². The van der Waals surface area contributed by atoms with Gasteiger partial charge in [0.1, 0.15) is 0 Å². The van der Waals surface area contributed by atoms with Crippen molar-refractivity contribution < 1.29 is 8.42 Å². The van der Waals surface area contributed by atoms with E-state index in [1.165, 1.54) is 0 Å². The molecule has 0 atom stereocenters. The average molecular weight is 282 g/mol. The number of hydrogen-bond acceptors (Lipinski definition) is 2. The molecule has 0 aliphatic rings. The zero-order valence-corrected chi connectivity index (χ0v) is 11.1. The molecule has 3 nitrogen and oxygen atoms in total. The molecule has 5 heteroatoms. The molecule has 0 aliphatic heterocycles. The van der Waals surface area contributed by atoms with Crippen molar-refractivity contribution in [1.82, 2.24) is 4.72 Å². The maximum Gasteiger partial charge on any atom is 0.240 e. The van der Waals surface area contributed by atoms with Gasteiger partial charge in [-0.05, 0) is 23.8 Å². The quantitative estimate of drug-likeness (QED) is 0.937. The van der Waals surface area contributed by atoms with Gasteiger partial charge in [0.15, 0.2) is 0 Å². The number of rotatable bonds is 4. The average Bonchev–Trinajstić information content (AvgIpc) is 2.39. The summed E-state index contributed by atoms with van der Waals surface area (Å²) in [6, 6.07) is 15.4. The lowest BCUT2D eigenvalue weighted by atomic mass is 10.2. The van der Waals surface area contributed by atoms with Crippen LogP contribution in [0.5, 0.6) is 0 Å². The van der Waals surface area contributed by atoms with E-state index in [0.29, 0.717) is 5.02 Å². The minimum atomic E-state index is -3.48. The highest BCUT2D eigenvalue weighted by Gasteiger charge is 2.13. The van der Waals surface area contributed by atoms with E-state index in [4.69, 9.17) is 11.6 Å². The summed E-state index contributed by atoms with van der Waals surface area (Å²) in [6.07, 6.45) is 0. The summed E-state index contributed by atoms with van der Waals surface area (Å²) >= 11 is 5.96. The van der Waals surface area contributed by atoms with E-state index in [1.54, 1.807) is 48.5 Å². The van der Waals surface area contributed by atoms with Crippen LogP contribution >= 0.6 is 11.6 Å². The van der Waals surface area contributed by atoms with Gasteiger partial charge in [0.25, 0.3) is 0 Å². The van der Waals surface area contributed by atoms with Crippen LogP contribution in [0.2, 0.25) is 5.02 Å². The molecule has 0 fully saturated rings. The van der Waals surface area contributed by atoms with Crippen molar-refractivity contribution >= 4 is 21.6 Å². The maximum absolute atomic E-state index is 12.0. The minimum Gasteiger partial charge on any atom is -0.207 e. The lowest BCUT2D eigenvalue weighted by Crippen LogP contribution is -2.23. The number of benzene rings is 2. The molecule has 0 amide bonds. The number of sulfonamides is 1. The largest absolute Gasteiger partial charge is 0.240 e. The standard InChI is InChI=1S/C13H12ClNO2S/c14-13-9-5-4-6-11(13)10-15-18(16,17)12-7-2-1-3-8-12/h1-9,15H,10H2. The van der Waals surface area contributed by atoms with Crippen molar-refractivity contribution in [3.63, 3.8) is 0 Å². The summed E-state index contributed by atoms with van der Waals surface area (Å²) < 4.78 is 26.4. The number of halogens is 1. The first-order chi connectivity index (χ1) is 8.59. The van der Waals surface area contributed by atoms with E-state index in [9.17, 15) is 8.42 Å². The van der Waals surface area contributed by atoms with Gasteiger partial charge < -0.3 is 0 Å². The first kappa shape index (κ1) is 13.1. The van der Waals surface area contributed by atoms with E-state index in [-0.39, 0.29) is 11.4 Å². The number of hydrogen-bond donors (Lipinski definition) is 1. The van der Waals surface area contributed by atoms with Gasteiger partial charge in [-0.2, -0.15) is 0 Å².